The molecule has 94 valence electrons. The first-order valence-corrected chi connectivity index (χ1v) is 6.47. The molecule has 0 fully saturated rings. The standard InChI is InChI=1S/C14H21NOS/c1-14(2,3)11-5-7-12(8-6-11)15(4)13(16)9-10-17/h5-8,17H,9-10H2,1-4H3. The van der Waals surface area contributed by atoms with E-state index in [1.807, 2.05) is 12.1 Å². The fourth-order valence-corrected chi connectivity index (χ4v) is 1.78. The third-order valence-electron chi connectivity index (χ3n) is 2.82. The van der Waals surface area contributed by atoms with Gasteiger partial charge in [0.15, 0.2) is 0 Å². The molecule has 0 unspecified atom stereocenters. The normalized spacial score (nSPS) is 11.4. The molecule has 0 aliphatic rings. The average Bonchev–Trinajstić information content (AvgIpc) is 2.27. The molecule has 1 amide bonds. The van der Waals surface area contributed by atoms with Crippen molar-refractivity contribution >= 4 is 24.2 Å². The Bertz CT molecular complexity index is 378. The molecule has 0 spiro atoms. The molecule has 0 aliphatic carbocycles. The zero-order chi connectivity index (χ0) is 13.1. The zero-order valence-electron chi connectivity index (χ0n) is 11.0. The Hall–Kier alpha value is -0.960. The minimum Gasteiger partial charge on any atom is -0.315 e. The fourth-order valence-electron chi connectivity index (χ4n) is 1.59. The van der Waals surface area contributed by atoms with Crippen LogP contribution in [0.1, 0.15) is 32.8 Å². The number of thiol groups is 1. The number of rotatable bonds is 3. The van der Waals surface area contributed by atoms with Crippen LogP contribution in [0.15, 0.2) is 24.3 Å². The maximum absolute atomic E-state index is 11.7. The molecular weight excluding hydrogens is 230 g/mol. The van der Waals surface area contributed by atoms with E-state index in [0.717, 1.165) is 5.69 Å². The van der Waals surface area contributed by atoms with E-state index in [-0.39, 0.29) is 11.3 Å². The minimum absolute atomic E-state index is 0.100. The second-order valence-electron chi connectivity index (χ2n) is 5.22. The number of amides is 1. The van der Waals surface area contributed by atoms with Crippen LogP contribution < -0.4 is 4.90 Å². The summed E-state index contributed by atoms with van der Waals surface area (Å²) in [5.41, 5.74) is 2.35. The van der Waals surface area contributed by atoms with Gasteiger partial charge in [0.2, 0.25) is 5.91 Å². The second-order valence-corrected chi connectivity index (χ2v) is 5.67. The minimum atomic E-state index is 0.100. The Labute approximate surface area is 109 Å². The van der Waals surface area contributed by atoms with Crippen LogP contribution in [0.4, 0.5) is 5.69 Å². The summed E-state index contributed by atoms with van der Waals surface area (Å²) in [6.07, 6.45) is 0.473. The molecule has 0 atom stereocenters. The molecule has 3 heteroatoms. The van der Waals surface area contributed by atoms with Crippen molar-refractivity contribution in [1.29, 1.82) is 0 Å². The van der Waals surface area contributed by atoms with Crippen LogP contribution >= 0.6 is 12.6 Å². The van der Waals surface area contributed by atoms with Gasteiger partial charge >= 0.3 is 0 Å². The molecule has 0 aromatic heterocycles. The Morgan fingerprint density at radius 2 is 1.76 bits per heavy atom. The highest BCUT2D eigenvalue weighted by Crippen LogP contribution is 2.24. The van der Waals surface area contributed by atoms with Gasteiger partial charge in [-0.05, 0) is 28.9 Å². The van der Waals surface area contributed by atoms with Crippen LogP contribution in [0.5, 0.6) is 0 Å². The van der Waals surface area contributed by atoms with Gasteiger partial charge in [0.25, 0.3) is 0 Å². The van der Waals surface area contributed by atoms with Gasteiger partial charge in [0, 0.05) is 19.2 Å². The Morgan fingerprint density at radius 3 is 2.18 bits per heavy atom. The van der Waals surface area contributed by atoms with Gasteiger partial charge < -0.3 is 4.90 Å². The number of anilines is 1. The van der Waals surface area contributed by atoms with Crippen molar-refractivity contribution in [2.24, 2.45) is 0 Å². The summed E-state index contributed by atoms with van der Waals surface area (Å²) in [5, 5.41) is 0. The first kappa shape index (κ1) is 14.1. The Balaban J connectivity index is 2.84. The van der Waals surface area contributed by atoms with Crippen molar-refractivity contribution in [3.05, 3.63) is 29.8 Å². The third-order valence-corrected chi connectivity index (χ3v) is 3.04. The predicted molar refractivity (Wildman–Crippen MR) is 77.0 cm³/mol. The molecule has 1 aromatic rings. The van der Waals surface area contributed by atoms with E-state index in [4.69, 9.17) is 0 Å². The summed E-state index contributed by atoms with van der Waals surface area (Å²) in [5.74, 6) is 0.687. The van der Waals surface area contributed by atoms with Gasteiger partial charge in [0.1, 0.15) is 0 Å². The van der Waals surface area contributed by atoms with Gasteiger partial charge in [-0.15, -0.1) is 0 Å². The van der Waals surface area contributed by atoms with E-state index in [9.17, 15) is 4.79 Å². The molecule has 1 aromatic carbocycles. The average molecular weight is 251 g/mol. The molecule has 0 heterocycles. The highest BCUT2D eigenvalue weighted by Gasteiger charge is 2.14. The molecule has 0 N–H and O–H groups in total. The largest absolute Gasteiger partial charge is 0.315 e. The number of nitrogens with zero attached hydrogens (tertiary/aromatic N) is 1. The molecular formula is C14H21NOS. The van der Waals surface area contributed by atoms with Gasteiger partial charge in [-0.1, -0.05) is 32.9 Å². The maximum Gasteiger partial charge on any atom is 0.227 e. The third kappa shape index (κ3) is 3.77. The summed E-state index contributed by atoms with van der Waals surface area (Å²) >= 11 is 4.07. The smallest absolute Gasteiger partial charge is 0.227 e. The lowest BCUT2D eigenvalue weighted by atomic mass is 9.87. The summed E-state index contributed by atoms with van der Waals surface area (Å²) in [7, 11) is 1.80. The SMILES string of the molecule is CN(C(=O)CCS)c1ccc(C(C)(C)C)cc1. The summed E-state index contributed by atoms with van der Waals surface area (Å²) in [6, 6.07) is 8.16. The van der Waals surface area contributed by atoms with E-state index in [2.05, 4.69) is 45.5 Å². The number of hydrogen-bond donors (Lipinski definition) is 1. The molecule has 0 bridgehead atoms. The summed E-state index contributed by atoms with van der Waals surface area (Å²) in [6.45, 7) is 6.54. The first-order chi connectivity index (χ1) is 7.86. The molecule has 0 aliphatic heterocycles. The molecule has 0 radical (unpaired) electrons. The number of benzene rings is 1. The maximum atomic E-state index is 11.7. The van der Waals surface area contributed by atoms with E-state index in [0.29, 0.717) is 12.2 Å². The van der Waals surface area contributed by atoms with Crippen molar-refractivity contribution in [1.82, 2.24) is 0 Å². The lowest BCUT2D eigenvalue weighted by Crippen LogP contribution is -2.26. The van der Waals surface area contributed by atoms with Crippen LogP contribution in [0, 0.1) is 0 Å². The molecule has 2 nitrogen and oxygen atoms in total. The fraction of sp³-hybridized carbons (Fsp3) is 0.500. The first-order valence-electron chi connectivity index (χ1n) is 5.84. The summed E-state index contributed by atoms with van der Waals surface area (Å²) < 4.78 is 0. The van der Waals surface area contributed by atoms with E-state index in [1.54, 1.807) is 11.9 Å². The monoisotopic (exact) mass is 251 g/mol. The van der Waals surface area contributed by atoms with E-state index < -0.39 is 0 Å². The Kier molecular flexibility index (Phi) is 4.63. The van der Waals surface area contributed by atoms with Gasteiger partial charge in [-0.25, -0.2) is 0 Å². The topological polar surface area (TPSA) is 20.3 Å². The van der Waals surface area contributed by atoms with Crippen LogP contribution in [0.2, 0.25) is 0 Å². The van der Waals surface area contributed by atoms with Crippen LogP contribution in [-0.2, 0) is 10.2 Å². The predicted octanol–water partition coefficient (Wildman–Crippen LogP) is 3.27. The van der Waals surface area contributed by atoms with Gasteiger partial charge in [0.05, 0.1) is 0 Å². The molecule has 0 saturated carbocycles. The summed E-state index contributed by atoms with van der Waals surface area (Å²) in [4.78, 5) is 13.4. The van der Waals surface area contributed by atoms with Crippen LogP contribution in [-0.4, -0.2) is 18.7 Å². The number of carbonyl (C=O) groups excluding carboxylic acids is 1. The van der Waals surface area contributed by atoms with Crippen molar-refractivity contribution in [2.45, 2.75) is 32.6 Å². The Morgan fingerprint density at radius 1 is 1.24 bits per heavy atom. The van der Waals surface area contributed by atoms with Gasteiger partial charge in [-0.3, -0.25) is 4.79 Å². The molecule has 0 saturated heterocycles. The highest BCUT2D eigenvalue weighted by atomic mass is 32.1. The quantitative estimate of drug-likeness (QED) is 0.818. The van der Waals surface area contributed by atoms with Crippen LogP contribution in [0.3, 0.4) is 0 Å². The van der Waals surface area contributed by atoms with Crippen LogP contribution in [0.25, 0.3) is 0 Å². The number of carbonyl (C=O) groups is 1. The van der Waals surface area contributed by atoms with Crippen molar-refractivity contribution in [3.63, 3.8) is 0 Å². The van der Waals surface area contributed by atoms with E-state index >= 15 is 0 Å². The molecule has 1 rings (SSSR count). The van der Waals surface area contributed by atoms with Crippen molar-refractivity contribution in [3.8, 4) is 0 Å². The molecule has 17 heavy (non-hydrogen) atoms. The second kappa shape index (κ2) is 5.58. The van der Waals surface area contributed by atoms with Crippen molar-refractivity contribution < 1.29 is 4.79 Å². The lowest BCUT2D eigenvalue weighted by Gasteiger charge is -2.21. The highest BCUT2D eigenvalue weighted by molar-refractivity contribution is 7.80. The lowest BCUT2D eigenvalue weighted by molar-refractivity contribution is -0.117. The van der Waals surface area contributed by atoms with Gasteiger partial charge in [-0.2, -0.15) is 12.6 Å². The van der Waals surface area contributed by atoms with E-state index in [1.165, 1.54) is 5.56 Å². The number of hydrogen-bond acceptors (Lipinski definition) is 2. The zero-order valence-corrected chi connectivity index (χ0v) is 11.9. The van der Waals surface area contributed by atoms with Crippen molar-refractivity contribution in [2.75, 3.05) is 17.7 Å².